The summed E-state index contributed by atoms with van der Waals surface area (Å²) in [5.41, 5.74) is 5.37. The van der Waals surface area contributed by atoms with Crippen LogP contribution < -0.4 is 5.73 Å². The van der Waals surface area contributed by atoms with E-state index < -0.39 is 0 Å². The van der Waals surface area contributed by atoms with E-state index in [-0.39, 0.29) is 0 Å². The number of rotatable bonds is 4. The summed E-state index contributed by atoms with van der Waals surface area (Å²) in [5, 5.41) is 7.59. The second-order valence-corrected chi connectivity index (χ2v) is 2.16. The van der Waals surface area contributed by atoms with Gasteiger partial charge in [-0.05, 0) is 0 Å². The molecule has 0 aliphatic heterocycles. The molecular weight excluding hydrogens is 144 g/mol. The summed E-state index contributed by atoms with van der Waals surface area (Å²) >= 11 is 0. The van der Waals surface area contributed by atoms with Crippen molar-refractivity contribution in [3.63, 3.8) is 0 Å². The summed E-state index contributed by atoms with van der Waals surface area (Å²) in [6, 6.07) is 0. The van der Waals surface area contributed by atoms with E-state index in [1.165, 1.54) is 0 Å². The van der Waals surface area contributed by atoms with Gasteiger partial charge in [0.25, 0.3) is 0 Å². The standard InChI is InChI=1S/C6H12N4O/c1-11-4-6-9-8-5-10(6)3-2-7/h5H,2-4,7H2,1H3. The highest BCUT2D eigenvalue weighted by molar-refractivity contribution is 4.82. The molecule has 0 radical (unpaired) electrons. The lowest BCUT2D eigenvalue weighted by Crippen LogP contribution is -2.12. The van der Waals surface area contributed by atoms with Gasteiger partial charge in [-0.2, -0.15) is 0 Å². The molecule has 1 aromatic rings. The van der Waals surface area contributed by atoms with Crippen LogP contribution in [0.5, 0.6) is 0 Å². The van der Waals surface area contributed by atoms with Gasteiger partial charge in [-0.25, -0.2) is 0 Å². The highest BCUT2D eigenvalue weighted by Crippen LogP contribution is 1.95. The van der Waals surface area contributed by atoms with Gasteiger partial charge in [-0.15, -0.1) is 10.2 Å². The SMILES string of the molecule is COCc1nncn1CCN. The molecule has 0 amide bonds. The Kier molecular flexibility index (Phi) is 3.00. The first-order valence-electron chi connectivity index (χ1n) is 3.44. The van der Waals surface area contributed by atoms with Crippen molar-refractivity contribution in [1.29, 1.82) is 0 Å². The van der Waals surface area contributed by atoms with Gasteiger partial charge in [0.15, 0.2) is 5.82 Å². The Morgan fingerprint density at radius 1 is 1.73 bits per heavy atom. The molecule has 0 aromatic carbocycles. The molecule has 0 aliphatic carbocycles. The summed E-state index contributed by atoms with van der Waals surface area (Å²) in [7, 11) is 1.63. The Balaban J connectivity index is 2.62. The second-order valence-electron chi connectivity index (χ2n) is 2.16. The van der Waals surface area contributed by atoms with Gasteiger partial charge < -0.3 is 15.0 Å². The Hall–Kier alpha value is -0.940. The lowest BCUT2D eigenvalue weighted by molar-refractivity contribution is 0.174. The van der Waals surface area contributed by atoms with E-state index in [1.54, 1.807) is 13.4 Å². The van der Waals surface area contributed by atoms with Crippen LogP contribution in [-0.2, 0) is 17.9 Å². The summed E-state index contributed by atoms with van der Waals surface area (Å²) in [6.45, 7) is 1.82. The topological polar surface area (TPSA) is 66.0 Å². The molecule has 0 bridgehead atoms. The van der Waals surface area contributed by atoms with Crippen LogP contribution in [0.25, 0.3) is 0 Å². The van der Waals surface area contributed by atoms with Crippen LogP contribution in [0, 0.1) is 0 Å². The Morgan fingerprint density at radius 3 is 3.18 bits per heavy atom. The fourth-order valence-corrected chi connectivity index (χ4v) is 0.846. The number of nitrogens with two attached hydrogens (primary N) is 1. The van der Waals surface area contributed by atoms with Crippen molar-refractivity contribution in [1.82, 2.24) is 14.8 Å². The van der Waals surface area contributed by atoms with Crippen LogP contribution in [0.15, 0.2) is 6.33 Å². The summed E-state index contributed by atoms with van der Waals surface area (Å²) in [6.07, 6.45) is 1.65. The van der Waals surface area contributed by atoms with Gasteiger partial charge >= 0.3 is 0 Å². The third-order valence-electron chi connectivity index (χ3n) is 1.34. The number of hydrogen-bond acceptors (Lipinski definition) is 4. The van der Waals surface area contributed by atoms with Crippen LogP contribution in [0.1, 0.15) is 5.82 Å². The monoisotopic (exact) mass is 156 g/mol. The van der Waals surface area contributed by atoms with Gasteiger partial charge in [0.2, 0.25) is 0 Å². The van der Waals surface area contributed by atoms with E-state index in [9.17, 15) is 0 Å². The van der Waals surface area contributed by atoms with Crippen molar-refractivity contribution in [2.24, 2.45) is 5.73 Å². The van der Waals surface area contributed by atoms with Gasteiger partial charge in [-0.3, -0.25) is 0 Å². The van der Waals surface area contributed by atoms with Crippen LogP contribution in [0.3, 0.4) is 0 Å². The number of ether oxygens (including phenoxy) is 1. The third kappa shape index (κ3) is 1.99. The van der Waals surface area contributed by atoms with Crippen LogP contribution >= 0.6 is 0 Å². The fraction of sp³-hybridized carbons (Fsp3) is 0.667. The Morgan fingerprint density at radius 2 is 2.55 bits per heavy atom. The maximum absolute atomic E-state index is 5.37. The van der Waals surface area contributed by atoms with Crippen molar-refractivity contribution in [2.45, 2.75) is 13.2 Å². The van der Waals surface area contributed by atoms with Crippen LogP contribution in [0.4, 0.5) is 0 Å². The Bertz CT molecular complexity index is 190. The molecule has 1 heterocycles. The molecule has 5 nitrogen and oxygen atoms in total. The van der Waals surface area contributed by atoms with E-state index in [0.717, 1.165) is 12.4 Å². The molecule has 0 atom stereocenters. The number of methoxy groups -OCH3 is 1. The number of nitrogens with zero attached hydrogens (tertiary/aromatic N) is 3. The molecule has 0 saturated carbocycles. The normalized spacial score (nSPS) is 10.4. The van der Waals surface area contributed by atoms with Crippen molar-refractivity contribution >= 4 is 0 Å². The van der Waals surface area contributed by atoms with E-state index in [0.29, 0.717) is 13.2 Å². The van der Waals surface area contributed by atoms with Gasteiger partial charge in [0.05, 0.1) is 0 Å². The predicted octanol–water partition coefficient (Wildman–Crippen LogP) is -0.617. The highest BCUT2D eigenvalue weighted by atomic mass is 16.5. The molecule has 1 aromatic heterocycles. The number of aromatic nitrogens is 3. The first kappa shape index (κ1) is 8.16. The Labute approximate surface area is 65.2 Å². The molecule has 0 spiro atoms. The molecule has 0 unspecified atom stereocenters. The van der Waals surface area contributed by atoms with Crippen molar-refractivity contribution in [3.05, 3.63) is 12.2 Å². The maximum atomic E-state index is 5.37. The first-order valence-corrected chi connectivity index (χ1v) is 3.44. The van der Waals surface area contributed by atoms with Gasteiger partial charge in [0.1, 0.15) is 12.9 Å². The molecule has 11 heavy (non-hydrogen) atoms. The molecule has 0 saturated heterocycles. The molecule has 5 heteroatoms. The van der Waals surface area contributed by atoms with Gasteiger partial charge in [0, 0.05) is 20.2 Å². The quantitative estimate of drug-likeness (QED) is 0.631. The predicted molar refractivity (Wildman–Crippen MR) is 39.8 cm³/mol. The minimum absolute atomic E-state index is 0.486. The summed E-state index contributed by atoms with van der Waals surface area (Å²) in [5.74, 6) is 0.818. The van der Waals surface area contributed by atoms with Gasteiger partial charge in [-0.1, -0.05) is 0 Å². The molecule has 2 N–H and O–H groups in total. The van der Waals surface area contributed by atoms with Crippen LogP contribution in [0.2, 0.25) is 0 Å². The van der Waals surface area contributed by atoms with Crippen LogP contribution in [-0.4, -0.2) is 28.4 Å². The largest absolute Gasteiger partial charge is 0.377 e. The average Bonchev–Trinajstić information content (AvgIpc) is 2.39. The lowest BCUT2D eigenvalue weighted by Gasteiger charge is -2.02. The van der Waals surface area contributed by atoms with Crippen molar-refractivity contribution in [3.8, 4) is 0 Å². The van der Waals surface area contributed by atoms with E-state index >= 15 is 0 Å². The zero-order chi connectivity index (χ0) is 8.10. The minimum atomic E-state index is 0.486. The zero-order valence-corrected chi connectivity index (χ0v) is 6.53. The molecule has 0 fully saturated rings. The summed E-state index contributed by atoms with van der Waals surface area (Å²) < 4.78 is 6.79. The molecular formula is C6H12N4O. The lowest BCUT2D eigenvalue weighted by atomic mass is 10.5. The van der Waals surface area contributed by atoms with E-state index in [4.69, 9.17) is 10.5 Å². The third-order valence-corrected chi connectivity index (χ3v) is 1.34. The van der Waals surface area contributed by atoms with Crippen molar-refractivity contribution in [2.75, 3.05) is 13.7 Å². The van der Waals surface area contributed by atoms with E-state index in [1.807, 2.05) is 4.57 Å². The second kappa shape index (κ2) is 4.05. The molecule has 0 aliphatic rings. The maximum Gasteiger partial charge on any atom is 0.158 e. The molecule has 1 rings (SSSR count). The first-order chi connectivity index (χ1) is 5.38. The highest BCUT2D eigenvalue weighted by Gasteiger charge is 2.00. The van der Waals surface area contributed by atoms with E-state index in [2.05, 4.69) is 10.2 Å². The molecule has 62 valence electrons. The summed E-state index contributed by atoms with van der Waals surface area (Å²) in [4.78, 5) is 0. The number of hydrogen-bond donors (Lipinski definition) is 1. The smallest absolute Gasteiger partial charge is 0.158 e. The fourth-order valence-electron chi connectivity index (χ4n) is 0.846. The van der Waals surface area contributed by atoms with Crippen molar-refractivity contribution < 1.29 is 4.74 Å². The zero-order valence-electron chi connectivity index (χ0n) is 6.53. The average molecular weight is 156 g/mol. The minimum Gasteiger partial charge on any atom is -0.377 e.